The lowest BCUT2D eigenvalue weighted by Gasteiger charge is -2.22. The molecule has 4 rings (SSSR count). The van der Waals surface area contributed by atoms with Gasteiger partial charge >= 0.3 is 0 Å². The molecule has 1 saturated heterocycles. The van der Waals surface area contributed by atoms with Crippen molar-refractivity contribution in [3.63, 3.8) is 0 Å². The van der Waals surface area contributed by atoms with Crippen molar-refractivity contribution in [2.24, 2.45) is 5.92 Å². The second kappa shape index (κ2) is 8.13. The van der Waals surface area contributed by atoms with Gasteiger partial charge in [-0.2, -0.15) is 0 Å². The highest BCUT2D eigenvalue weighted by Crippen LogP contribution is 2.29. The van der Waals surface area contributed by atoms with Gasteiger partial charge in [-0.3, -0.25) is 0 Å². The van der Waals surface area contributed by atoms with Crippen LogP contribution in [0.3, 0.4) is 0 Å². The molecule has 0 bridgehead atoms. The first-order chi connectivity index (χ1) is 11.4. The van der Waals surface area contributed by atoms with E-state index in [-0.39, 0.29) is 12.4 Å². The van der Waals surface area contributed by atoms with Crippen LogP contribution in [0.15, 0.2) is 30.3 Å². The molecule has 0 aliphatic carbocycles. The molecule has 4 nitrogen and oxygen atoms in total. The lowest BCUT2D eigenvalue weighted by Crippen LogP contribution is -2.29. The molecule has 0 radical (unpaired) electrons. The third kappa shape index (κ3) is 3.81. The number of aromatic nitrogens is 3. The van der Waals surface area contributed by atoms with Crippen LogP contribution in [-0.4, -0.2) is 27.9 Å². The third-order valence-electron chi connectivity index (χ3n) is 5.52. The van der Waals surface area contributed by atoms with Crippen LogP contribution in [0, 0.1) is 5.92 Å². The summed E-state index contributed by atoms with van der Waals surface area (Å²) in [7, 11) is 0. The molecule has 130 valence electrons. The molecule has 2 aliphatic rings. The van der Waals surface area contributed by atoms with Gasteiger partial charge in [0.15, 0.2) is 0 Å². The summed E-state index contributed by atoms with van der Waals surface area (Å²) in [5, 5.41) is 12.5. The lowest BCUT2D eigenvalue weighted by molar-refractivity contribution is 0.361. The van der Waals surface area contributed by atoms with E-state index >= 15 is 0 Å². The summed E-state index contributed by atoms with van der Waals surface area (Å²) in [6, 6.07) is 11.0. The zero-order chi connectivity index (χ0) is 15.5. The molecule has 0 saturated carbocycles. The summed E-state index contributed by atoms with van der Waals surface area (Å²) < 4.78 is 2.42. The Bertz CT molecular complexity index is 634. The largest absolute Gasteiger partial charge is 0.317 e. The Hall–Kier alpha value is -1.39. The van der Waals surface area contributed by atoms with Gasteiger partial charge in [-0.1, -0.05) is 30.3 Å². The Morgan fingerprint density at radius 3 is 2.58 bits per heavy atom. The molecule has 1 unspecified atom stereocenters. The minimum atomic E-state index is 0. The topological polar surface area (TPSA) is 42.7 Å². The molecule has 5 heteroatoms. The van der Waals surface area contributed by atoms with Gasteiger partial charge in [0.2, 0.25) is 0 Å². The van der Waals surface area contributed by atoms with Gasteiger partial charge in [-0.15, -0.1) is 22.6 Å². The SMILES string of the molecule is Cl.c1ccc(C2CCc3nnc(CC4CCNCC4)n3CC2)cc1. The molecule has 1 aromatic carbocycles. The van der Waals surface area contributed by atoms with Gasteiger partial charge in [-0.05, 0) is 56.2 Å². The monoisotopic (exact) mass is 346 g/mol. The highest BCUT2D eigenvalue weighted by molar-refractivity contribution is 5.85. The second-order valence-electron chi connectivity index (χ2n) is 7.02. The summed E-state index contributed by atoms with van der Waals surface area (Å²) >= 11 is 0. The zero-order valence-electron chi connectivity index (χ0n) is 14.2. The first kappa shape index (κ1) is 17.4. The quantitative estimate of drug-likeness (QED) is 0.926. The molecule has 0 amide bonds. The van der Waals surface area contributed by atoms with Gasteiger partial charge in [0, 0.05) is 19.4 Å². The lowest BCUT2D eigenvalue weighted by atomic mass is 9.92. The van der Waals surface area contributed by atoms with Gasteiger partial charge in [0.1, 0.15) is 11.6 Å². The normalized spacial score (nSPS) is 21.6. The first-order valence-corrected chi connectivity index (χ1v) is 9.07. The number of nitrogens with zero attached hydrogens (tertiary/aromatic N) is 3. The highest BCUT2D eigenvalue weighted by atomic mass is 35.5. The number of hydrogen-bond acceptors (Lipinski definition) is 3. The second-order valence-corrected chi connectivity index (χ2v) is 7.02. The number of benzene rings is 1. The number of aryl methyl sites for hydroxylation is 1. The van der Waals surface area contributed by atoms with Crippen LogP contribution < -0.4 is 5.32 Å². The van der Waals surface area contributed by atoms with Crippen molar-refractivity contribution < 1.29 is 0 Å². The van der Waals surface area contributed by atoms with Crippen LogP contribution in [0.4, 0.5) is 0 Å². The summed E-state index contributed by atoms with van der Waals surface area (Å²) in [6.45, 7) is 3.38. The van der Waals surface area contributed by atoms with Crippen LogP contribution >= 0.6 is 12.4 Å². The van der Waals surface area contributed by atoms with Gasteiger partial charge < -0.3 is 9.88 Å². The number of piperidine rings is 1. The van der Waals surface area contributed by atoms with E-state index in [2.05, 4.69) is 50.4 Å². The number of fused-ring (bicyclic) bond motifs is 1. The van der Waals surface area contributed by atoms with Gasteiger partial charge in [0.05, 0.1) is 0 Å². The van der Waals surface area contributed by atoms with E-state index in [1.807, 2.05) is 0 Å². The fourth-order valence-electron chi connectivity index (χ4n) is 4.10. The van der Waals surface area contributed by atoms with Crippen LogP contribution in [-0.2, 0) is 19.4 Å². The van der Waals surface area contributed by atoms with Crippen molar-refractivity contribution in [1.29, 1.82) is 0 Å². The van der Waals surface area contributed by atoms with Crippen molar-refractivity contribution in [3.8, 4) is 0 Å². The van der Waals surface area contributed by atoms with Gasteiger partial charge in [-0.25, -0.2) is 0 Å². The van der Waals surface area contributed by atoms with E-state index in [0.29, 0.717) is 5.92 Å². The Labute approximate surface area is 150 Å². The Kier molecular flexibility index (Phi) is 5.90. The molecule has 1 fully saturated rings. The maximum Gasteiger partial charge on any atom is 0.133 e. The average Bonchev–Trinajstić information content (AvgIpc) is 2.86. The molecule has 1 aromatic heterocycles. The van der Waals surface area contributed by atoms with Crippen LogP contribution in [0.2, 0.25) is 0 Å². The summed E-state index contributed by atoms with van der Waals surface area (Å²) in [5.74, 6) is 3.86. The predicted octanol–water partition coefficient (Wildman–Crippen LogP) is 3.36. The zero-order valence-corrected chi connectivity index (χ0v) is 15.0. The molecule has 0 spiro atoms. The minimum absolute atomic E-state index is 0. The Morgan fingerprint density at radius 2 is 1.79 bits per heavy atom. The van der Waals surface area contributed by atoms with E-state index in [4.69, 9.17) is 0 Å². The summed E-state index contributed by atoms with van der Waals surface area (Å²) in [6.07, 6.45) is 7.09. The van der Waals surface area contributed by atoms with Crippen molar-refractivity contribution in [1.82, 2.24) is 20.1 Å². The van der Waals surface area contributed by atoms with Crippen LogP contribution in [0.1, 0.15) is 48.8 Å². The van der Waals surface area contributed by atoms with E-state index in [0.717, 1.165) is 38.4 Å². The van der Waals surface area contributed by atoms with Crippen molar-refractivity contribution >= 4 is 12.4 Å². The Morgan fingerprint density at radius 1 is 1.00 bits per heavy atom. The van der Waals surface area contributed by atoms with Crippen LogP contribution in [0.25, 0.3) is 0 Å². The van der Waals surface area contributed by atoms with E-state index in [1.165, 1.54) is 42.9 Å². The fraction of sp³-hybridized carbons (Fsp3) is 0.579. The minimum Gasteiger partial charge on any atom is -0.317 e. The Balaban J connectivity index is 0.00000169. The first-order valence-electron chi connectivity index (χ1n) is 9.07. The van der Waals surface area contributed by atoms with Crippen LogP contribution in [0.5, 0.6) is 0 Å². The maximum atomic E-state index is 4.52. The molecular formula is C19H27ClN4. The molecule has 3 heterocycles. The maximum absolute atomic E-state index is 4.52. The molecule has 24 heavy (non-hydrogen) atoms. The van der Waals surface area contributed by atoms with Gasteiger partial charge in [0.25, 0.3) is 0 Å². The molecule has 2 aromatic rings. The number of halogens is 1. The van der Waals surface area contributed by atoms with Crippen molar-refractivity contribution in [2.45, 2.75) is 51.0 Å². The average molecular weight is 347 g/mol. The smallest absolute Gasteiger partial charge is 0.133 e. The number of hydrogen-bond donors (Lipinski definition) is 1. The van der Waals surface area contributed by atoms with Crippen molar-refractivity contribution in [3.05, 3.63) is 47.5 Å². The van der Waals surface area contributed by atoms with Crippen molar-refractivity contribution in [2.75, 3.05) is 13.1 Å². The van der Waals surface area contributed by atoms with E-state index in [9.17, 15) is 0 Å². The highest BCUT2D eigenvalue weighted by Gasteiger charge is 2.23. The predicted molar refractivity (Wildman–Crippen MR) is 98.7 cm³/mol. The number of nitrogens with one attached hydrogen (secondary N) is 1. The number of rotatable bonds is 3. The molecule has 1 N–H and O–H groups in total. The summed E-state index contributed by atoms with van der Waals surface area (Å²) in [4.78, 5) is 0. The molecular weight excluding hydrogens is 320 g/mol. The molecule has 1 atom stereocenters. The standard InChI is InChI=1S/C19H26N4.ClH/c1-2-4-16(5-3-1)17-6-7-18-21-22-19(23(18)13-10-17)14-15-8-11-20-12-9-15;/h1-5,15,17,20H,6-14H2;1H. The van der Waals surface area contributed by atoms with E-state index < -0.39 is 0 Å². The van der Waals surface area contributed by atoms with E-state index in [1.54, 1.807) is 0 Å². The summed E-state index contributed by atoms with van der Waals surface area (Å²) in [5.41, 5.74) is 1.48. The molecule has 2 aliphatic heterocycles. The third-order valence-corrected chi connectivity index (χ3v) is 5.52. The fourth-order valence-corrected chi connectivity index (χ4v) is 4.10.